The van der Waals surface area contributed by atoms with Crippen molar-refractivity contribution in [1.82, 2.24) is 5.32 Å². The fraction of sp³-hybridized carbons (Fsp3) is 0.857. The Kier molecular flexibility index (Phi) is 37.4. The van der Waals surface area contributed by atoms with Gasteiger partial charge in [-0.3, -0.25) is 9.59 Å². The molecule has 8 saturated heterocycles. The molecule has 50 atom stereocenters. The van der Waals surface area contributed by atoms with Crippen LogP contribution in [0.4, 0.5) is 0 Å². The minimum absolute atomic E-state index is 0.0700. The molecule has 0 spiro atoms. The molecule has 0 unspecified atom stereocenters. The van der Waals surface area contributed by atoms with Crippen LogP contribution in [-0.2, 0) is 104 Å². The highest BCUT2D eigenvalue weighted by atomic mass is 16.8. The molecule has 8 heterocycles. The molecule has 5 aliphatic carbocycles. The van der Waals surface area contributed by atoms with E-state index in [1.165, 1.54) is 58.9 Å². The van der Waals surface area contributed by atoms with E-state index in [0.717, 1.165) is 0 Å². The minimum Gasteiger partial charge on any atom is -0.458 e. The number of hydrogen-bond donors (Lipinski definition) is 25. The molecule has 4 saturated carbocycles. The van der Waals surface area contributed by atoms with Gasteiger partial charge in [0.05, 0.1) is 99.1 Å². The largest absolute Gasteiger partial charge is 0.458 e. The van der Waals surface area contributed by atoms with Crippen LogP contribution < -0.4 is 5.32 Å². The number of allylic oxidation sites excluding steroid dienone is 4. The third-order valence-electron chi connectivity index (χ3n) is 34.0. The first-order chi connectivity index (χ1) is 68.0. The third-order valence-corrected chi connectivity index (χ3v) is 34.0. The molecule has 13 aliphatic rings. The summed E-state index contributed by atoms with van der Waals surface area (Å²) < 4.78 is 110. The van der Waals surface area contributed by atoms with Crippen LogP contribution >= 0.6 is 0 Å². The van der Waals surface area contributed by atoms with Gasteiger partial charge in [-0.25, -0.2) is 9.59 Å². The Hall–Kier alpha value is -4.98. The van der Waals surface area contributed by atoms with Crippen LogP contribution in [0.3, 0.4) is 0 Å². The lowest BCUT2D eigenvalue weighted by molar-refractivity contribution is -0.390. The van der Waals surface area contributed by atoms with Gasteiger partial charge in [-0.1, -0.05) is 84.4 Å². The van der Waals surface area contributed by atoms with Gasteiger partial charge < -0.3 is 213 Å². The maximum absolute atomic E-state index is 16.9. The number of ether oxygens (including phenoxy) is 18. The molecule has 47 nitrogen and oxygen atoms in total. The topological polar surface area (TPSA) is 732 Å². The van der Waals surface area contributed by atoms with E-state index >= 15 is 9.59 Å². The number of carbonyl (C=O) groups is 4. The van der Waals surface area contributed by atoms with Crippen molar-refractivity contribution in [2.45, 2.75) is 430 Å². The Morgan fingerprint density at radius 2 is 0.986 bits per heavy atom. The molecule has 0 aromatic rings. The van der Waals surface area contributed by atoms with Crippen molar-refractivity contribution in [1.29, 1.82) is 0 Å². The lowest BCUT2D eigenvalue weighted by Crippen LogP contribution is -2.70. The predicted octanol–water partition coefficient (Wildman–Crippen LogP) is -5.92. The number of amides is 1. The van der Waals surface area contributed by atoms with Gasteiger partial charge in [0.1, 0.15) is 164 Å². The minimum atomic E-state index is -2.30. The Morgan fingerprint density at radius 1 is 0.476 bits per heavy atom. The maximum Gasteiger partial charge on any atom is 0.336 e. The van der Waals surface area contributed by atoms with Crippen LogP contribution in [0.1, 0.15) is 167 Å². The number of aliphatic hydroxyl groups excluding tert-OH is 23. The van der Waals surface area contributed by atoms with Crippen molar-refractivity contribution in [2.75, 3.05) is 46.2 Å². The van der Waals surface area contributed by atoms with Gasteiger partial charge in [0.25, 0.3) is 0 Å². The molecule has 8 aliphatic heterocycles. The first-order valence-corrected chi connectivity index (χ1v) is 50.0. The van der Waals surface area contributed by atoms with Crippen LogP contribution in [0.5, 0.6) is 0 Å². The Bertz CT molecular complexity index is 4490. The standard InChI is InChI=1S/C98H155NO46/c1-16-93(11,127)26-18-20-45(34-101)81(125)139-76-60(109)41(4)130-87(73(76)122)145-94(12,17-2)27-19-21-44(33-100)80(124)137-57-32-98(90(126)144-89-79(69(118)63(112)50(36-103)135-89)143-86-74(123)77(141-85-72(121)67(116)62(111)49(35-102)133-85)75(42(5)132-86)140-84-71(120)64(113)51(37-104)134-84)47(30-91(57,7)8)46-22-23-54-95(13)28-25-56(92(9,10)53(95)24-29-96(54,14)97(46,15)31-55(98)107)138-82-58(99-43(6)105)66(115)65(114)52(136-82)39-129-88-78(68(117)59(108)40(3)131-88)142-83-70(119)61(110)48(106)38-128-83/h16-17,20-22,40-42,47-79,82-89,100-104,106-123,127H,1-2,18-19,23-39H2,3-15H3,(H,99,105)/b44-21+,45-20+/t40-,41-,42+,47+,48-,49-,50-,51+,52-,53+,54-,55-,56+,57+,58-,59+,60-,61+,62-,63-,64+,65-,66-,67+,68+,69+,70-,71-,72-,73-,74-,75+,76+,77+,78-,79-,82+,83+,84+,85+,86+,87+,88-,89+,93-,94-,95+,96-,97-,98-/m1/s1. The van der Waals surface area contributed by atoms with Gasteiger partial charge in [-0.2, -0.15) is 0 Å². The van der Waals surface area contributed by atoms with Crippen LogP contribution in [0, 0.1) is 50.2 Å². The molecule has 0 aromatic carbocycles. The first-order valence-electron chi connectivity index (χ1n) is 50.0. The summed E-state index contributed by atoms with van der Waals surface area (Å²) in [6.45, 7) is 24.4. The smallest absolute Gasteiger partial charge is 0.336 e. The molecule has 1 amide bonds. The third kappa shape index (κ3) is 23.0. The molecule has 0 radical (unpaired) electrons. The molecular formula is C98H155NO46. The normalized spacial score (nSPS) is 47.7. The zero-order chi connectivity index (χ0) is 107. The summed E-state index contributed by atoms with van der Waals surface area (Å²) in [5, 5.41) is 272. The van der Waals surface area contributed by atoms with E-state index in [1.54, 1.807) is 20.8 Å². The van der Waals surface area contributed by atoms with Crippen molar-refractivity contribution < 1.29 is 227 Å². The molecule has 13 rings (SSSR count). The van der Waals surface area contributed by atoms with Gasteiger partial charge in [-0.05, 0) is 145 Å². The van der Waals surface area contributed by atoms with Crippen molar-refractivity contribution >= 4 is 23.8 Å². The van der Waals surface area contributed by atoms with Crippen LogP contribution in [0.15, 0.2) is 60.3 Å². The van der Waals surface area contributed by atoms with Gasteiger partial charge in [0, 0.05) is 18.8 Å². The van der Waals surface area contributed by atoms with E-state index in [1.807, 2.05) is 20.8 Å². The summed E-state index contributed by atoms with van der Waals surface area (Å²) >= 11 is 0. The number of hydrogen-bond acceptors (Lipinski definition) is 46. The number of fused-ring (bicyclic) bond motifs is 7. The zero-order valence-electron chi connectivity index (χ0n) is 83.9. The van der Waals surface area contributed by atoms with Gasteiger partial charge in [0.15, 0.2) is 56.2 Å². The fourth-order valence-corrected chi connectivity index (χ4v) is 24.6. The van der Waals surface area contributed by atoms with E-state index in [4.69, 9.17) is 85.3 Å². The molecular weight excluding hydrogens is 1930 g/mol. The molecule has 12 fully saturated rings. The summed E-state index contributed by atoms with van der Waals surface area (Å²) in [5.41, 5.74) is -9.27. The Morgan fingerprint density at radius 3 is 1.59 bits per heavy atom. The number of esters is 3. The molecule has 0 aromatic heterocycles. The highest BCUT2D eigenvalue weighted by Crippen LogP contribution is 2.76. The van der Waals surface area contributed by atoms with Gasteiger partial charge in [-0.15, -0.1) is 13.2 Å². The van der Waals surface area contributed by atoms with Gasteiger partial charge >= 0.3 is 17.9 Å². The second-order valence-corrected chi connectivity index (χ2v) is 44.1. The molecule has 828 valence electrons. The van der Waals surface area contributed by atoms with Crippen LogP contribution in [0.25, 0.3) is 0 Å². The fourth-order valence-electron chi connectivity index (χ4n) is 24.6. The quantitative estimate of drug-likeness (QED) is 0.00924. The van der Waals surface area contributed by atoms with E-state index in [-0.39, 0.29) is 61.5 Å². The average molecular weight is 2080 g/mol. The summed E-state index contributed by atoms with van der Waals surface area (Å²) in [7, 11) is 0. The summed E-state index contributed by atoms with van der Waals surface area (Å²) in [6, 6.07) is -1.38. The summed E-state index contributed by atoms with van der Waals surface area (Å²) in [6.07, 6.45) is -60.8. The molecule has 145 heavy (non-hydrogen) atoms. The predicted molar refractivity (Wildman–Crippen MR) is 490 cm³/mol. The SMILES string of the molecule is C=C[C@@](C)(O)CC/C=C(\CO)C(=O)O[C@@H]1[C@@H](O)[C@H](O[C@](C)(C=C)CC/C=C(\CO)C(=O)O[C@H]2C[C@]3(C(=O)O[C@@H]4O[C@H](CO)[C@@H](O)[C@H](O)[C@H]4O[C@@H]4O[C@@H](C)[C@H](O[C@@H]5O[C@@H](CO)[C@H](O)[C@H]5O)[C@@H](O[C@@H]5O[C@H](CO)[C@@H](O)[C@H](O)[C@H]5O)[C@H]4O)[C@H](O)C[C@]4(C)C(=CC[C@@H]5[C@@]6(C)CC[C@H](O[C@@H]7O[C@H](CO[C@@H]8O[C@H](C)[C@H](O)[C@H](O)[C@H]8O[C@@H]8OC[C@@H](O)[C@H](O)[C@H]8O)[C@@H](O)[C@H](O)[C@H]7NC(C)=O)C(C)(C)[C@@H]6CC[C@]54C)[C@@H]3CC2(C)C)O[C@H](C)[C@H]1O. The molecule has 0 bridgehead atoms. The van der Waals surface area contributed by atoms with E-state index in [0.29, 0.717) is 37.7 Å². The zero-order valence-corrected chi connectivity index (χ0v) is 83.9. The van der Waals surface area contributed by atoms with Crippen molar-refractivity contribution in [3.8, 4) is 0 Å². The molecule has 25 N–H and O–H groups in total. The van der Waals surface area contributed by atoms with E-state index in [9.17, 15) is 132 Å². The van der Waals surface area contributed by atoms with Crippen molar-refractivity contribution in [3.05, 3.63) is 60.3 Å². The highest BCUT2D eigenvalue weighted by molar-refractivity contribution is 5.89. The van der Waals surface area contributed by atoms with Crippen LogP contribution in [0.2, 0.25) is 0 Å². The van der Waals surface area contributed by atoms with Crippen molar-refractivity contribution in [3.63, 3.8) is 0 Å². The number of nitrogens with one attached hydrogen (secondary N) is 1. The molecule has 47 heteroatoms. The second kappa shape index (κ2) is 46.4. The maximum atomic E-state index is 16.9. The lowest BCUT2D eigenvalue weighted by Gasteiger charge is -2.72. The van der Waals surface area contributed by atoms with Crippen LogP contribution in [-0.4, -0.2) is 456 Å². The monoisotopic (exact) mass is 2080 g/mol. The lowest BCUT2D eigenvalue weighted by atomic mass is 9.33. The Labute approximate surface area is 839 Å². The highest BCUT2D eigenvalue weighted by Gasteiger charge is 2.74. The van der Waals surface area contributed by atoms with Gasteiger partial charge in [0.2, 0.25) is 12.2 Å². The van der Waals surface area contributed by atoms with E-state index < -0.39 is 378 Å². The Balaban J connectivity index is 0.794. The number of rotatable bonds is 35. The van der Waals surface area contributed by atoms with E-state index in [2.05, 4.69) is 38.4 Å². The second-order valence-electron chi connectivity index (χ2n) is 44.1. The summed E-state index contributed by atoms with van der Waals surface area (Å²) in [4.78, 5) is 58.6. The van der Waals surface area contributed by atoms with Crippen molar-refractivity contribution in [2.24, 2.45) is 50.2 Å². The average Bonchev–Trinajstić information content (AvgIpc) is 1.17. The summed E-state index contributed by atoms with van der Waals surface area (Å²) in [5.74, 6) is -5.56. The first kappa shape index (κ1) is 117. The number of aliphatic hydroxyl groups is 24. The number of carbonyl (C=O) groups excluding carboxylic acids is 4.